The zero-order valence-corrected chi connectivity index (χ0v) is 10.7. The summed E-state index contributed by atoms with van der Waals surface area (Å²) in [4.78, 5) is 12.9. The Morgan fingerprint density at radius 3 is 2.65 bits per heavy atom. The van der Waals surface area contributed by atoms with Crippen LogP contribution in [-0.4, -0.2) is 32.6 Å². The lowest BCUT2D eigenvalue weighted by Crippen LogP contribution is -2.33. The van der Waals surface area contributed by atoms with Gasteiger partial charge in [-0.15, -0.1) is 0 Å². The van der Waals surface area contributed by atoms with Gasteiger partial charge in [0.05, 0.1) is 12.3 Å². The predicted octanol–water partition coefficient (Wildman–Crippen LogP) is 2.50. The average molecular weight is 239 g/mol. The predicted molar refractivity (Wildman–Crippen MR) is 66.1 cm³/mol. The summed E-state index contributed by atoms with van der Waals surface area (Å²) in [6, 6.07) is 4.60. The number of carbonyl (C=O) groups excluding carboxylic acids is 1. The summed E-state index contributed by atoms with van der Waals surface area (Å²) in [7, 11) is 3.41. The first-order valence-corrected chi connectivity index (χ1v) is 5.49. The van der Waals surface area contributed by atoms with Crippen LogP contribution in [0.2, 0.25) is 0 Å². The third kappa shape index (κ3) is 3.27. The van der Waals surface area contributed by atoms with Crippen molar-refractivity contribution in [3.05, 3.63) is 29.6 Å². The van der Waals surface area contributed by atoms with Gasteiger partial charge < -0.3 is 9.64 Å². The lowest BCUT2D eigenvalue weighted by molar-refractivity contribution is 0.101. The lowest BCUT2D eigenvalue weighted by Gasteiger charge is -2.26. The summed E-state index contributed by atoms with van der Waals surface area (Å²) in [5, 5.41) is 0. The van der Waals surface area contributed by atoms with Crippen molar-refractivity contribution in [3.63, 3.8) is 0 Å². The second-order valence-electron chi connectivity index (χ2n) is 4.14. The lowest BCUT2D eigenvalue weighted by atomic mass is 10.1. The van der Waals surface area contributed by atoms with Crippen molar-refractivity contribution in [1.29, 1.82) is 0 Å². The minimum absolute atomic E-state index is 0.0673. The molecule has 0 heterocycles. The van der Waals surface area contributed by atoms with E-state index in [1.165, 1.54) is 13.0 Å². The largest absolute Gasteiger partial charge is 0.383 e. The topological polar surface area (TPSA) is 29.5 Å². The smallest absolute Gasteiger partial charge is 0.159 e. The summed E-state index contributed by atoms with van der Waals surface area (Å²) in [5.41, 5.74) is 0.860. The molecule has 0 fully saturated rings. The van der Waals surface area contributed by atoms with Gasteiger partial charge in [-0.3, -0.25) is 4.79 Å². The van der Waals surface area contributed by atoms with E-state index in [0.717, 1.165) is 0 Å². The molecule has 0 aliphatic heterocycles. The molecule has 1 aromatic rings. The second kappa shape index (κ2) is 5.77. The molecular weight excluding hydrogens is 221 g/mol. The van der Waals surface area contributed by atoms with Crippen LogP contribution in [0.1, 0.15) is 24.2 Å². The number of hydrogen-bond donors (Lipinski definition) is 0. The Balaban J connectivity index is 2.95. The van der Waals surface area contributed by atoms with Gasteiger partial charge in [0.25, 0.3) is 0 Å². The molecule has 3 nitrogen and oxygen atoms in total. The van der Waals surface area contributed by atoms with Gasteiger partial charge in [0, 0.05) is 25.8 Å². The number of ketones is 1. The molecule has 1 aromatic carbocycles. The summed E-state index contributed by atoms with van der Waals surface area (Å²) in [6.07, 6.45) is 0. The Bertz CT molecular complexity index is 406. The zero-order valence-electron chi connectivity index (χ0n) is 10.7. The van der Waals surface area contributed by atoms with Gasteiger partial charge in [0.15, 0.2) is 5.78 Å². The molecule has 0 aliphatic carbocycles. The van der Waals surface area contributed by atoms with E-state index in [4.69, 9.17) is 4.74 Å². The Labute approximate surface area is 101 Å². The number of ether oxygens (including phenoxy) is 1. The number of methoxy groups -OCH3 is 1. The van der Waals surface area contributed by atoms with Crippen molar-refractivity contribution in [3.8, 4) is 0 Å². The van der Waals surface area contributed by atoms with Crippen LogP contribution in [0.4, 0.5) is 10.1 Å². The highest BCUT2D eigenvalue weighted by Gasteiger charge is 2.14. The molecular formula is C13H18FNO2. The van der Waals surface area contributed by atoms with Crippen LogP contribution in [0.3, 0.4) is 0 Å². The maximum absolute atomic E-state index is 13.8. The third-order valence-electron chi connectivity index (χ3n) is 2.80. The van der Waals surface area contributed by atoms with Crippen molar-refractivity contribution in [2.75, 3.05) is 25.7 Å². The normalized spacial score (nSPS) is 12.3. The van der Waals surface area contributed by atoms with Gasteiger partial charge in [-0.25, -0.2) is 4.39 Å². The maximum atomic E-state index is 13.8. The number of hydrogen-bond acceptors (Lipinski definition) is 3. The molecule has 0 aromatic heterocycles. The van der Waals surface area contributed by atoms with E-state index in [1.807, 2.05) is 6.92 Å². The summed E-state index contributed by atoms with van der Waals surface area (Å²) >= 11 is 0. The SMILES string of the molecule is COCC(C)N(C)c1ccc(C(C)=O)cc1F. The van der Waals surface area contributed by atoms with Gasteiger partial charge in [-0.1, -0.05) is 0 Å². The van der Waals surface area contributed by atoms with Gasteiger partial charge >= 0.3 is 0 Å². The number of carbonyl (C=O) groups is 1. The van der Waals surface area contributed by atoms with E-state index >= 15 is 0 Å². The number of halogens is 1. The quantitative estimate of drug-likeness (QED) is 0.739. The first-order chi connectivity index (χ1) is 7.97. The van der Waals surface area contributed by atoms with E-state index in [-0.39, 0.29) is 17.6 Å². The van der Waals surface area contributed by atoms with Gasteiger partial charge in [0.2, 0.25) is 0 Å². The highest BCUT2D eigenvalue weighted by Crippen LogP contribution is 2.21. The number of Topliss-reactive ketones (excluding diaryl/α,β-unsaturated/α-hetero) is 1. The molecule has 0 bridgehead atoms. The first kappa shape index (κ1) is 13.6. The molecule has 0 radical (unpaired) electrons. The van der Waals surface area contributed by atoms with Crippen molar-refractivity contribution < 1.29 is 13.9 Å². The monoisotopic (exact) mass is 239 g/mol. The fraction of sp³-hybridized carbons (Fsp3) is 0.462. The molecule has 0 N–H and O–H groups in total. The summed E-state index contributed by atoms with van der Waals surface area (Å²) < 4.78 is 18.9. The van der Waals surface area contributed by atoms with Crippen molar-refractivity contribution in [1.82, 2.24) is 0 Å². The maximum Gasteiger partial charge on any atom is 0.159 e. The van der Waals surface area contributed by atoms with E-state index in [1.54, 1.807) is 31.2 Å². The molecule has 1 atom stereocenters. The summed E-state index contributed by atoms with van der Waals surface area (Å²) in [5.74, 6) is -0.522. The Kier molecular flexibility index (Phi) is 4.63. The highest BCUT2D eigenvalue weighted by molar-refractivity contribution is 5.94. The molecule has 0 aliphatic rings. The number of likely N-dealkylation sites (N-methyl/N-ethyl adjacent to an activating group) is 1. The third-order valence-corrected chi connectivity index (χ3v) is 2.80. The van der Waals surface area contributed by atoms with Gasteiger partial charge in [-0.2, -0.15) is 0 Å². The van der Waals surface area contributed by atoms with Crippen molar-refractivity contribution in [2.24, 2.45) is 0 Å². The molecule has 17 heavy (non-hydrogen) atoms. The van der Waals surface area contributed by atoms with Crippen LogP contribution < -0.4 is 4.90 Å². The fourth-order valence-corrected chi connectivity index (χ4v) is 1.60. The number of anilines is 1. The standard InChI is InChI=1S/C13H18FNO2/c1-9(8-17-4)15(3)13-6-5-11(10(2)16)7-12(13)14/h5-7,9H,8H2,1-4H3. The second-order valence-corrected chi connectivity index (χ2v) is 4.14. The Morgan fingerprint density at radius 1 is 1.53 bits per heavy atom. The number of nitrogens with zero attached hydrogens (tertiary/aromatic N) is 1. The van der Waals surface area contributed by atoms with E-state index in [9.17, 15) is 9.18 Å². The Morgan fingerprint density at radius 2 is 2.18 bits per heavy atom. The van der Waals surface area contributed by atoms with Crippen molar-refractivity contribution in [2.45, 2.75) is 19.9 Å². The summed E-state index contributed by atoms with van der Waals surface area (Å²) in [6.45, 7) is 3.89. The molecule has 0 saturated heterocycles. The van der Waals surface area contributed by atoms with Crippen LogP contribution in [0.5, 0.6) is 0 Å². The Hall–Kier alpha value is -1.42. The number of benzene rings is 1. The highest BCUT2D eigenvalue weighted by atomic mass is 19.1. The minimum Gasteiger partial charge on any atom is -0.383 e. The van der Waals surface area contributed by atoms with Crippen LogP contribution in [0, 0.1) is 5.82 Å². The first-order valence-electron chi connectivity index (χ1n) is 5.49. The van der Waals surface area contributed by atoms with E-state index < -0.39 is 0 Å². The molecule has 0 amide bonds. The molecule has 1 rings (SSSR count). The molecule has 1 unspecified atom stereocenters. The van der Waals surface area contributed by atoms with E-state index in [0.29, 0.717) is 17.9 Å². The minimum atomic E-state index is -0.386. The zero-order chi connectivity index (χ0) is 13.0. The van der Waals surface area contributed by atoms with Gasteiger partial charge in [0.1, 0.15) is 5.82 Å². The molecule has 4 heteroatoms. The average Bonchev–Trinajstić information content (AvgIpc) is 2.28. The van der Waals surface area contributed by atoms with E-state index in [2.05, 4.69) is 0 Å². The fourth-order valence-electron chi connectivity index (χ4n) is 1.60. The van der Waals surface area contributed by atoms with Crippen molar-refractivity contribution >= 4 is 11.5 Å². The van der Waals surface area contributed by atoms with Crippen LogP contribution in [0.25, 0.3) is 0 Å². The number of rotatable bonds is 5. The van der Waals surface area contributed by atoms with Crippen LogP contribution in [-0.2, 0) is 4.74 Å². The van der Waals surface area contributed by atoms with Gasteiger partial charge in [-0.05, 0) is 32.0 Å². The molecule has 94 valence electrons. The van der Waals surface area contributed by atoms with Crippen LogP contribution >= 0.6 is 0 Å². The molecule has 0 saturated carbocycles. The van der Waals surface area contributed by atoms with Crippen LogP contribution in [0.15, 0.2) is 18.2 Å². The molecule has 0 spiro atoms.